The lowest BCUT2D eigenvalue weighted by Gasteiger charge is -2.21. The number of hydrogen-bond acceptors (Lipinski definition) is 3. The summed E-state index contributed by atoms with van der Waals surface area (Å²) in [6.07, 6.45) is 1.62. The number of rotatable bonds is 3. The smallest absolute Gasteiger partial charge is 0.159 e. The van der Waals surface area contributed by atoms with E-state index in [1.807, 2.05) is 39.0 Å². The molecule has 0 fully saturated rings. The van der Waals surface area contributed by atoms with Crippen LogP contribution in [0.25, 0.3) is 0 Å². The van der Waals surface area contributed by atoms with Crippen LogP contribution in [-0.4, -0.2) is 17.1 Å². The predicted octanol–water partition coefficient (Wildman–Crippen LogP) is 5.41. The predicted molar refractivity (Wildman–Crippen MR) is 98.2 cm³/mol. The highest BCUT2D eigenvalue weighted by molar-refractivity contribution is 9.10. The molecule has 4 heteroatoms. The maximum Gasteiger partial charge on any atom is 0.159 e. The molecule has 0 unspecified atom stereocenters. The molecule has 0 aliphatic carbocycles. The highest BCUT2D eigenvalue weighted by Crippen LogP contribution is 2.35. The molecule has 0 heterocycles. The number of carbonyl (C=O) groups excluding carboxylic acids is 1. The van der Waals surface area contributed by atoms with Crippen LogP contribution in [0, 0.1) is 0 Å². The summed E-state index contributed by atoms with van der Waals surface area (Å²) in [6.45, 7) is 7.67. The second-order valence-corrected chi connectivity index (χ2v) is 7.42. The highest BCUT2D eigenvalue weighted by Gasteiger charge is 2.20. The number of phenols is 1. The van der Waals surface area contributed by atoms with E-state index in [-0.39, 0.29) is 16.9 Å². The fourth-order valence-electron chi connectivity index (χ4n) is 2.24. The summed E-state index contributed by atoms with van der Waals surface area (Å²) in [5, 5.41) is 10.5. The van der Waals surface area contributed by atoms with Crippen molar-refractivity contribution in [3.05, 3.63) is 57.6 Å². The molecule has 1 N–H and O–H groups in total. The monoisotopic (exact) mass is 373 g/mol. The number of Topliss-reactive ketones (excluding diaryl/α,β-unsaturated/α-hetero) is 1. The van der Waals surface area contributed by atoms with Crippen molar-refractivity contribution in [2.75, 3.05) is 0 Å². The SMILES string of the molecule is CC(=O)c1cccc(N=Cc2cc(Br)cc(C(C)(C)C)c2O)c1. The molecule has 0 aliphatic heterocycles. The second-order valence-electron chi connectivity index (χ2n) is 6.51. The molecule has 0 aliphatic rings. The minimum atomic E-state index is -0.176. The van der Waals surface area contributed by atoms with Crippen molar-refractivity contribution in [1.29, 1.82) is 0 Å². The maximum atomic E-state index is 11.4. The van der Waals surface area contributed by atoms with E-state index in [1.165, 1.54) is 6.92 Å². The lowest BCUT2D eigenvalue weighted by Crippen LogP contribution is -2.12. The summed E-state index contributed by atoms with van der Waals surface area (Å²) >= 11 is 3.48. The van der Waals surface area contributed by atoms with Crippen molar-refractivity contribution in [2.24, 2.45) is 4.99 Å². The fourth-order valence-corrected chi connectivity index (χ4v) is 2.72. The van der Waals surface area contributed by atoms with Crippen LogP contribution >= 0.6 is 15.9 Å². The highest BCUT2D eigenvalue weighted by atomic mass is 79.9. The molecular weight excluding hydrogens is 354 g/mol. The van der Waals surface area contributed by atoms with Gasteiger partial charge in [-0.15, -0.1) is 0 Å². The van der Waals surface area contributed by atoms with E-state index in [0.29, 0.717) is 16.8 Å². The van der Waals surface area contributed by atoms with Crippen LogP contribution in [0.2, 0.25) is 0 Å². The molecule has 3 nitrogen and oxygen atoms in total. The number of nitrogens with zero attached hydrogens (tertiary/aromatic N) is 1. The van der Waals surface area contributed by atoms with Crippen LogP contribution in [0.4, 0.5) is 5.69 Å². The van der Waals surface area contributed by atoms with E-state index in [1.54, 1.807) is 24.4 Å². The van der Waals surface area contributed by atoms with Gasteiger partial charge in [0.05, 0.1) is 5.69 Å². The van der Waals surface area contributed by atoms with Crippen molar-refractivity contribution in [2.45, 2.75) is 33.1 Å². The van der Waals surface area contributed by atoms with Gasteiger partial charge in [0.2, 0.25) is 0 Å². The quantitative estimate of drug-likeness (QED) is 0.577. The van der Waals surface area contributed by atoms with Crippen LogP contribution in [0.1, 0.15) is 49.2 Å². The summed E-state index contributed by atoms with van der Waals surface area (Å²) in [7, 11) is 0. The molecule has 2 aromatic rings. The Hall–Kier alpha value is -1.94. The van der Waals surface area contributed by atoms with Gasteiger partial charge in [-0.05, 0) is 36.6 Å². The number of ketones is 1. The Morgan fingerprint density at radius 3 is 2.52 bits per heavy atom. The van der Waals surface area contributed by atoms with Gasteiger partial charge in [0.15, 0.2) is 5.78 Å². The first kappa shape index (κ1) is 17.4. The van der Waals surface area contributed by atoms with Crippen molar-refractivity contribution in [1.82, 2.24) is 0 Å². The van der Waals surface area contributed by atoms with Crippen LogP contribution < -0.4 is 0 Å². The van der Waals surface area contributed by atoms with Gasteiger partial charge in [-0.1, -0.05) is 48.8 Å². The third-order valence-corrected chi connectivity index (χ3v) is 3.98. The second kappa shape index (κ2) is 6.67. The molecule has 23 heavy (non-hydrogen) atoms. The first-order valence-corrected chi connectivity index (χ1v) is 8.16. The molecule has 2 rings (SSSR count). The van der Waals surface area contributed by atoms with Gasteiger partial charge in [-0.25, -0.2) is 0 Å². The normalized spacial score (nSPS) is 11.9. The Balaban J connectivity index is 2.42. The zero-order valence-corrected chi connectivity index (χ0v) is 15.3. The van der Waals surface area contributed by atoms with Crippen LogP contribution in [0.5, 0.6) is 5.75 Å². The molecule has 0 amide bonds. The first-order chi connectivity index (χ1) is 10.7. The molecule has 0 radical (unpaired) electrons. The molecule has 0 spiro atoms. The molecule has 0 bridgehead atoms. The van der Waals surface area contributed by atoms with Crippen LogP contribution in [-0.2, 0) is 5.41 Å². The van der Waals surface area contributed by atoms with Gasteiger partial charge in [0.1, 0.15) is 5.75 Å². The Bertz CT molecular complexity index is 773. The standard InChI is InChI=1S/C19H20BrNO2/c1-12(22)13-6-5-7-16(9-13)21-11-14-8-15(20)10-17(18(14)23)19(2,3)4/h5-11,23H,1-4H3. The average Bonchev–Trinajstić information content (AvgIpc) is 2.47. The number of aliphatic imine (C=N–C) groups is 1. The molecule has 120 valence electrons. The molecular formula is C19H20BrNO2. The van der Waals surface area contributed by atoms with E-state index in [4.69, 9.17) is 0 Å². The fraction of sp³-hybridized carbons (Fsp3) is 0.263. The third-order valence-electron chi connectivity index (χ3n) is 3.52. The van der Waals surface area contributed by atoms with Gasteiger partial charge in [-0.3, -0.25) is 9.79 Å². The van der Waals surface area contributed by atoms with Gasteiger partial charge < -0.3 is 5.11 Å². The lowest BCUT2D eigenvalue weighted by molar-refractivity contribution is 0.101. The minimum Gasteiger partial charge on any atom is -0.507 e. The number of benzene rings is 2. The molecule has 0 aromatic heterocycles. The van der Waals surface area contributed by atoms with E-state index >= 15 is 0 Å². The van der Waals surface area contributed by atoms with E-state index < -0.39 is 0 Å². The van der Waals surface area contributed by atoms with Crippen molar-refractivity contribution < 1.29 is 9.90 Å². The summed E-state index contributed by atoms with van der Waals surface area (Å²) in [4.78, 5) is 15.8. The topological polar surface area (TPSA) is 49.7 Å². The van der Waals surface area contributed by atoms with Gasteiger partial charge >= 0.3 is 0 Å². The Labute approximate surface area is 145 Å². The lowest BCUT2D eigenvalue weighted by atomic mass is 9.85. The van der Waals surface area contributed by atoms with E-state index in [0.717, 1.165) is 10.0 Å². The van der Waals surface area contributed by atoms with E-state index in [2.05, 4.69) is 20.9 Å². The Kier molecular flexibility index (Phi) is 5.05. The summed E-state index contributed by atoms with van der Waals surface area (Å²) in [6, 6.07) is 10.9. The van der Waals surface area contributed by atoms with Gasteiger partial charge in [0.25, 0.3) is 0 Å². The Morgan fingerprint density at radius 2 is 1.91 bits per heavy atom. The Morgan fingerprint density at radius 1 is 1.22 bits per heavy atom. The number of carbonyl (C=O) groups is 1. The number of halogens is 1. The average molecular weight is 374 g/mol. The van der Waals surface area contributed by atoms with Crippen molar-refractivity contribution >= 4 is 33.6 Å². The van der Waals surface area contributed by atoms with Crippen LogP contribution in [0.3, 0.4) is 0 Å². The van der Waals surface area contributed by atoms with Crippen LogP contribution in [0.15, 0.2) is 45.9 Å². The largest absolute Gasteiger partial charge is 0.507 e. The molecule has 0 atom stereocenters. The van der Waals surface area contributed by atoms with Gasteiger partial charge in [0, 0.05) is 27.4 Å². The van der Waals surface area contributed by atoms with E-state index in [9.17, 15) is 9.90 Å². The number of hydrogen-bond donors (Lipinski definition) is 1. The third kappa shape index (κ3) is 4.29. The maximum absolute atomic E-state index is 11.4. The molecule has 0 saturated heterocycles. The zero-order chi connectivity index (χ0) is 17.2. The van der Waals surface area contributed by atoms with Gasteiger partial charge in [-0.2, -0.15) is 0 Å². The summed E-state index contributed by atoms with van der Waals surface area (Å²) in [5.41, 5.74) is 2.61. The molecule has 0 saturated carbocycles. The van der Waals surface area contributed by atoms with Crippen molar-refractivity contribution in [3.63, 3.8) is 0 Å². The van der Waals surface area contributed by atoms with Crippen molar-refractivity contribution in [3.8, 4) is 5.75 Å². The summed E-state index contributed by atoms with van der Waals surface area (Å²) in [5.74, 6) is 0.231. The zero-order valence-electron chi connectivity index (χ0n) is 13.7. The molecule has 2 aromatic carbocycles. The summed E-state index contributed by atoms with van der Waals surface area (Å²) < 4.78 is 0.888. The first-order valence-electron chi connectivity index (χ1n) is 7.36. The number of aromatic hydroxyl groups is 1. The number of phenolic OH excluding ortho intramolecular Hbond substituents is 1. The minimum absolute atomic E-state index is 0.00220.